The van der Waals surface area contributed by atoms with Crippen LogP contribution in [0.25, 0.3) is 0 Å². The Morgan fingerprint density at radius 3 is 2.76 bits per heavy atom. The number of halogens is 1. The number of benzene rings is 1. The van der Waals surface area contributed by atoms with Gasteiger partial charge >= 0.3 is 0 Å². The molecule has 0 fully saturated rings. The van der Waals surface area contributed by atoms with Crippen LogP contribution in [0.2, 0.25) is 5.02 Å². The van der Waals surface area contributed by atoms with E-state index in [-0.39, 0.29) is 6.10 Å². The second kappa shape index (κ2) is 7.57. The normalized spacial score (nSPS) is 12.5. The Balaban J connectivity index is 2.67. The quantitative estimate of drug-likeness (QED) is 0.800. The van der Waals surface area contributed by atoms with Gasteiger partial charge in [-0.1, -0.05) is 37.9 Å². The van der Waals surface area contributed by atoms with Gasteiger partial charge in [0.15, 0.2) is 0 Å². The molecule has 0 heterocycles. The maximum atomic E-state index is 6.13. The van der Waals surface area contributed by atoms with Crippen LogP contribution in [0.4, 0.5) is 0 Å². The molecule has 1 N–H and O–H groups in total. The summed E-state index contributed by atoms with van der Waals surface area (Å²) >= 11 is 6.13. The second-order valence-electron chi connectivity index (χ2n) is 4.27. The molecule has 0 aliphatic heterocycles. The van der Waals surface area contributed by atoms with Crippen LogP contribution in [0, 0.1) is 6.92 Å². The fourth-order valence-electron chi connectivity index (χ4n) is 1.71. The third kappa shape index (κ3) is 4.97. The highest BCUT2D eigenvalue weighted by molar-refractivity contribution is 6.32. The summed E-state index contributed by atoms with van der Waals surface area (Å²) < 4.78 is 5.97. The van der Waals surface area contributed by atoms with Crippen molar-refractivity contribution >= 4 is 11.6 Å². The summed E-state index contributed by atoms with van der Waals surface area (Å²) in [6, 6.07) is 5.88. The molecule has 2 nitrogen and oxygen atoms in total. The van der Waals surface area contributed by atoms with Gasteiger partial charge in [0.05, 0.1) is 5.02 Å². The van der Waals surface area contributed by atoms with Gasteiger partial charge in [0.1, 0.15) is 11.9 Å². The van der Waals surface area contributed by atoms with Crippen LogP contribution in [0.1, 0.15) is 32.3 Å². The summed E-state index contributed by atoms with van der Waals surface area (Å²) in [6.07, 6.45) is 2.34. The highest BCUT2D eigenvalue weighted by Gasteiger charge is 2.11. The van der Waals surface area contributed by atoms with Crippen molar-refractivity contribution in [2.24, 2.45) is 0 Å². The first-order valence-corrected chi connectivity index (χ1v) is 6.68. The van der Waals surface area contributed by atoms with Crippen LogP contribution >= 0.6 is 11.6 Å². The smallest absolute Gasteiger partial charge is 0.138 e. The third-order valence-corrected chi connectivity index (χ3v) is 2.93. The minimum Gasteiger partial charge on any atom is -0.488 e. The van der Waals surface area contributed by atoms with E-state index in [0.717, 1.165) is 31.7 Å². The van der Waals surface area contributed by atoms with Crippen LogP contribution in [0.3, 0.4) is 0 Å². The van der Waals surface area contributed by atoms with E-state index in [1.807, 2.05) is 25.1 Å². The van der Waals surface area contributed by atoms with E-state index in [1.54, 1.807) is 0 Å². The summed E-state index contributed by atoms with van der Waals surface area (Å²) in [7, 11) is 0. The minimum absolute atomic E-state index is 0.194. The van der Waals surface area contributed by atoms with E-state index in [0.29, 0.717) is 5.02 Å². The fraction of sp³-hybridized carbons (Fsp3) is 0.571. The predicted molar refractivity (Wildman–Crippen MR) is 74.1 cm³/mol. The first kappa shape index (κ1) is 14.3. The first-order valence-electron chi connectivity index (χ1n) is 6.30. The van der Waals surface area contributed by atoms with E-state index in [1.165, 1.54) is 5.56 Å². The summed E-state index contributed by atoms with van der Waals surface area (Å²) in [4.78, 5) is 0. The number of rotatable bonds is 7. The van der Waals surface area contributed by atoms with Crippen LogP contribution < -0.4 is 10.1 Å². The van der Waals surface area contributed by atoms with Crippen LogP contribution in [0.5, 0.6) is 5.75 Å². The number of likely N-dealkylation sites (N-methyl/N-ethyl adjacent to an activating group) is 1. The van der Waals surface area contributed by atoms with E-state index in [9.17, 15) is 0 Å². The van der Waals surface area contributed by atoms with Crippen molar-refractivity contribution in [1.82, 2.24) is 5.32 Å². The molecule has 0 bridgehead atoms. The molecule has 0 aliphatic carbocycles. The van der Waals surface area contributed by atoms with Crippen LogP contribution in [-0.2, 0) is 0 Å². The third-order valence-electron chi connectivity index (χ3n) is 2.61. The number of nitrogens with one attached hydrogen (secondary N) is 1. The molecule has 1 aromatic rings. The monoisotopic (exact) mass is 255 g/mol. The van der Waals surface area contributed by atoms with Gasteiger partial charge in [0.2, 0.25) is 0 Å². The Morgan fingerprint density at radius 1 is 1.35 bits per heavy atom. The summed E-state index contributed by atoms with van der Waals surface area (Å²) in [5, 5.41) is 4.01. The molecule has 3 heteroatoms. The molecule has 0 saturated heterocycles. The summed E-state index contributed by atoms with van der Waals surface area (Å²) in [6.45, 7) is 8.14. The highest BCUT2D eigenvalue weighted by Crippen LogP contribution is 2.26. The van der Waals surface area contributed by atoms with E-state index < -0.39 is 0 Å². The predicted octanol–water partition coefficient (Wildman–Crippen LogP) is 3.81. The van der Waals surface area contributed by atoms with Gasteiger partial charge < -0.3 is 10.1 Å². The number of ether oxygens (including phenoxy) is 1. The fourth-order valence-corrected chi connectivity index (χ4v) is 1.87. The zero-order chi connectivity index (χ0) is 12.7. The standard InChI is InChI=1S/C14H22ClNO/c1-4-6-12(10-16-5-2)17-14-9-11(3)7-8-13(14)15/h7-9,12,16H,4-6,10H2,1-3H3. The molecule has 1 unspecified atom stereocenters. The lowest BCUT2D eigenvalue weighted by atomic mass is 10.2. The van der Waals surface area contributed by atoms with Gasteiger partial charge in [-0.2, -0.15) is 0 Å². The van der Waals surface area contributed by atoms with Gasteiger partial charge in [-0.25, -0.2) is 0 Å². The van der Waals surface area contributed by atoms with Crippen molar-refractivity contribution in [3.05, 3.63) is 28.8 Å². The van der Waals surface area contributed by atoms with Crippen molar-refractivity contribution in [3.8, 4) is 5.75 Å². The van der Waals surface area contributed by atoms with Gasteiger partial charge in [0.25, 0.3) is 0 Å². The topological polar surface area (TPSA) is 21.3 Å². The largest absolute Gasteiger partial charge is 0.488 e. The molecule has 0 aromatic heterocycles. The Kier molecular flexibility index (Phi) is 6.38. The molecule has 1 rings (SSSR count). The van der Waals surface area contributed by atoms with Crippen molar-refractivity contribution in [2.45, 2.75) is 39.7 Å². The molecule has 0 aliphatic rings. The lowest BCUT2D eigenvalue weighted by Gasteiger charge is -2.20. The number of aryl methyl sites for hydroxylation is 1. The van der Waals surface area contributed by atoms with E-state index in [4.69, 9.17) is 16.3 Å². The molecule has 0 amide bonds. The molecule has 1 aromatic carbocycles. The zero-order valence-electron chi connectivity index (χ0n) is 10.9. The molecule has 96 valence electrons. The highest BCUT2D eigenvalue weighted by atomic mass is 35.5. The average Bonchev–Trinajstić information content (AvgIpc) is 2.31. The van der Waals surface area contributed by atoms with Crippen LogP contribution in [0.15, 0.2) is 18.2 Å². The lowest BCUT2D eigenvalue weighted by molar-refractivity contribution is 0.187. The van der Waals surface area contributed by atoms with Crippen molar-refractivity contribution in [3.63, 3.8) is 0 Å². The van der Waals surface area contributed by atoms with Gasteiger partial charge in [-0.15, -0.1) is 0 Å². The van der Waals surface area contributed by atoms with Gasteiger partial charge in [-0.3, -0.25) is 0 Å². The number of hydrogen-bond acceptors (Lipinski definition) is 2. The second-order valence-corrected chi connectivity index (χ2v) is 4.68. The van der Waals surface area contributed by atoms with Crippen molar-refractivity contribution in [1.29, 1.82) is 0 Å². The average molecular weight is 256 g/mol. The first-order chi connectivity index (χ1) is 8.17. The van der Waals surface area contributed by atoms with Gasteiger partial charge in [-0.05, 0) is 37.6 Å². The summed E-state index contributed by atoms with van der Waals surface area (Å²) in [5.74, 6) is 0.794. The molecular weight excluding hydrogens is 234 g/mol. The summed E-state index contributed by atoms with van der Waals surface area (Å²) in [5.41, 5.74) is 1.17. The van der Waals surface area contributed by atoms with E-state index in [2.05, 4.69) is 19.2 Å². The Bertz CT molecular complexity index is 341. The van der Waals surface area contributed by atoms with Crippen molar-refractivity contribution < 1.29 is 4.74 Å². The van der Waals surface area contributed by atoms with Crippen LogP contribution in [-0.4, -0.2) is 19.2 Å². The maximum Gasteiger partial charge on any atom is 0.138 e. The number of hydrogen-bond donors (Lipinski definition) is 1. The molecule has 0 spiro atoms. The van der Waals surface area contributed by atoms with Crippen molar-refractivity contribution in [2.75, 3.05) is 13.1 Å². The minimum atomic E-state index is 0.194. The Labute approximate surface area is 109 Å². The maximum absolute atomic E-state index is 6.13. The van der Waals surface area contributed by atoms with Gasteiger partial charge in [0, 0.05) is 6.54 Å². The molecule has 1 atom stereocenters. The molecular formula is C14H22ClNO. The Morgan fingerprint density at radius 2 is 2.12 bits per heavy atom. The Hall–Kier alpha value is -0.730. The zero-order valence-corrected chi connectivity index (χ0v) is 11.7. The molecule has 17 heavy (non-hydrogen) atoms. The lowest BCUT2D eigenvalue weighted by Crippen LogP contribution is -2.31. The molecule has 0 radical (unpaired) electrons. The molecule has 0 saturated carbocycles. The SMILES string of the molecule is CCCC(CNCC)Oc1cc(C)ccc1Cl. The van der Waals surface area contributed by atoms with E-state index >= 15 is 0 Å².